The molecule has 6 heteroatoms. The van der Waals surface area contributed by atoms with Crippen molar-refractivity contribution in [3.8, 4) is 17.6 Å². The Morgan fingerprint density at radius 3 is 2.54 bits per heavy atom. The minimum Gasteiger partial charge on any atom is -0.490 e. The van der Waals surface area contributed by atoms with Gasteiger partial charge in [0.25, 0.3) is 0 Å². The smallest absolute Gasteiger partial charge is 0.336 e. The van der Waals surface area contributed by atoms with E-state index in [2.05, 4.69) is 0 Å². The van der Waals surface area contributed by atoms with Gasteiger partial charge in [-0.15, -0.1) is 0 Å². The summed E-state index contributed by atoms with van der Waals surface area (Å²) in [5.41, 5.74) is 0.0153. The van der Waals surface area contributed by atoms with E-state index >= 15 is 0 Å². The summed E-state index contributed by atoms with van der Waals surface area (Å²) >= 11 is 0. The topological polar surface area (TPSA) is 59.3 Å². The number of halogens is 2. The number of carbonyl (C=O) groups is 1. The molecule has 0 spiro atoms. The van der Waals surface area contributed by atoms with E-state index in [-0.39, 0.29) is 17.1 Å². The van der Waals surface area contributed by atoms with Crippen molar-refractivity contribution in [3.05, 3.63) is 65.2 Å². The second-order valence-corrected chi connectivity index (χ2v) is 4.60. The fraction of sp³-hybridized carbons (Fsp3) is 0.111. The summed E-state index contributed by atoms with van der Waals surface area (Å²) in [4.78, 5) is 11.8. The van der Waals surface area contributed by atoms with Crippen LogP contribution in [0.5, 0.6) is 11.5 Å². The van der Waals surface area contributed by atoms with Gasteiger partial charge >= 0.3 is 5.97 Å². The fourth-order valence-electron chi connectivity index (χ4n) is 1.89. The first-order valence-corrected chi connectivity index (χ1v) is 7.06. The van der Waals surface area contributed by atoms with Crippen molar-refractivity contribution < 1.29 is 23.0 Å². The number of rotatable bonds is 5. The highest BCUT2D eigenvalue weighted by Gasteiger charge is 2.11. The molecule has 0 fully saturated rings. The largest absolute Gasteiger partial charge is 0.490 e. The monoisotopic (exact) mass is 329 g/mol. The highest BCUT2D eigenvalue weighted by atomic mass is 19.1. The van der Waals surface area contributed by atoms with Gasteiger partial charge in [0.15, 0.2) is 11.5 Å². The predicted molar refractivity (Wildman–Crippen MR) is 83.4 cm³/mol. The lowest BCUT2D eigenvalue weighted by Gasteiger charge is -2.09. The van der Waals surface area contributed by atoms with Gasteiger partial charge in [-0.3, -0.25) is 0 Å². The van der Waals surface area contributed by atoms with Gasteiger partial charge in [0.2, 0.25) is 0 Å². The molecule has 0 bridgehead atoms. The molecule has 0 radical (unpaired) electrons. The Bertz CT molecular complexity index is 805. The highest BCUT2D eigenvalue weighted by Crippen LogP contribution is 2.28. The first kappa shape index (κ1) is 17.2. The Labute approximate surface area is 137 Å². The van der Waals surface area contributed by atoms with Gasteiger partial charge in [0.05, 0.1) is 18.2 Å². The zero-order valence-corrected chi connectivity index (χ0v) is 12.8. The molecule has 0 saturated carbocycles. The minimum absolute atomic E-state index is 0.111. The number of nitriles is 1. The second kappa shape index (κ2) is 7.88. The van der Waals surface area contributed by atoms with E-state index in [0.29, 0.717) is 12.2 Å². The Morgan fingerprint density at radius 1 is 1.21 bits per heavy atom. The zero-order chi connectivity index (χ0) is 17.5. The van der Waals surface area contributed by atoms with E-state index in [0.717, 1.165) is 24.3 Å². The summed E-state index contributed by atoms with van der Waals surface area (Å²) in [7, 11) is 0. The van der Waals surface area contributed by atoms with Gasteiger partial charge in [-0.2, -0.15) is 5.26 Å². The molecule has 2 aromatic carbocycles. The number of nitrogens with zero attached hydrogens (tertiary/aromatic N) is 1. The van der Waals surface area contributed by atoms with Crippen molar-refractivity contribution in [1.82, 2.24) is 0 Å². The summed E-state index contributed by atoms with van der Waals surface area (Å²) in [6.07, 6.45) is 1.91. The van der Waals surface area contributed by atoms with Crippen molar-refractivity contribution in [2.75, 3.05) is 6.61 Å². The Kier molecular flexibility index (Phi) is 5.63. The van der Waals surface area contributed by atoms with E-state index < -0.39 is 17.6 Å². The number of esters is 1. The fourth-order valence-corrected chi connectivity index (χ4v) is 1.89. The number of benzene rings is 2. The number of carbonyl (C=O) groups excluding carboxylic acids is 1. The molecule has 0 atom stereocenters. The first-order valence-electron chi connectivity index (χ1n) is 7.06. The van der Waals surface area contributed by atoms with Crippen LogP contribution in [-0.2, 0) is 4.79 Å². The van der Waals surface area contributed by atoms with Crippen LogP contribution < -0.4 is 9.47 Å². The molecule has 0 unspecified atom stereocenters. The zero-order valence-electron chi connectivity index (χ0n) is 12.8. The standard InChI is InChI=1S/C18H13F2NO3/c1-2-23-17-10-12(11-21)6-8-16(17)24-18(22)9-7-13-14(19)4-3-5-15(13)20/h3-10H,2H2,1H3/b9-7+. The summed E-state index contributed by atoms with van der Waals surface area (Å²) in [6.45, 7) is 2.06. The molecule has 2 aromatic rings. The molecule has 0 aliphatic heterocycles. The third kappa shape index (κ3) is 4.17. The lowest BCUT2D eigenvalue weighted by molar-refractivity contribution is -0.129. The molecule has 24 heavy (non-hydrogen) atoms. The van der Waals surface area contributed by atoms with Crippen molar-refractivity contribution in [2.45, 2.75) is 6.92 Å². The molecule has 2 rings (SSSR count). The van der Waals surface area contributed by atoms with E-state index in [9.17, 15) is 13.6 Å². The van der Waals surface area contributed by atoms with Gasteiger partial charge in [-0.05, 0) is 37.3 Å². The van der Waals surface area contributed by atoms with Gasteiger partial charge < -0.3 is 9.47 Å². The molecule has 0 aliphatic carbocycles. The maximum atomic E-state index is 13.5. The summed E-state index contributed by atoms with van der Waals surface area (Å²) in [6, 6.07) is 9.66. The van der Waals surface area contributed by atoms with Crippen LogP contribution in [0.1, 0.15) is 18.1 Å². The predicted octanol–water partition coefficient (Wildman–Crippen LogP) is 3.85. The van der Waals surface area contributed by atoms with Crippen LogP contribution in [0.25, 0.3) is 6.08 Å². The summed E-state index contributed by atoms with van der Waals surface area (Å²) in [5, 5.41) is 8.87. The van der Waals surface area contributed by atoms with Crippen molar-refractivity contribution in [2.24, 2.45) is 0 Å². The molecular formula is C18H13F2NO3. The second-order valence-electron chi connectivity index (χ2n) is 4.60. The van der Waals surface area contributed by atoms with Crippen LogP contribution in [0.2, 0.25) is 0 Å². The van der Waals surface area contributed by atoms with Gasteiger partial charge in [0, 0.05) is 17.7 Å². The Balaban J connectivity index is 2.18. The number of hydrogen-bond donors (Lipinski definition) is 0. The van der Waals surface area contributed by atoms with E-state index in [1.54, 1.807) is 6.92 Å². The lowest BCUT2D eigenvalue weighted by Crippen LogP contribution is -2.06. The molecule has 0 amide bonds. The quantitative estimate of drug-likeness (QED) is 0.475. The van der Waals surface area contributed by atoms with Gasteiger partial charge in [-0.1, -0.05) is 6.07 Å². The maximum absolute atomic E-state index is 13.5. The molecular weight excluding hydrogens is 316 g/mol. The molecule has 122 valence electrons. The Morgan fingerprint density at radius 2 is 1.92 bits per heavy atom. The van der Waals surface area contributed by atoms with Crippen LogP contribution in [0.4, 0.5) is 8.78 Å². The molecule has 0 aliphatic rings. The normalized spacial score (nSPS) is 10.4. The third-order valence-corrected chi connectivity index (χ3v) is 2.97. The van der Waals surface area contributed by atoms with Crippen LogP contribution in [0, 0.1) is 23.0 Å². The van der Waals surface area contributed by atoms with Gasteiger partial charge in [-0.25, -0.2) is 13.6 Å². The molecule has 0 N–H and O–H groups in total. The van der Waals surface area contributed by atoms with E-state index in [1.165, 1.54) is 24.3 Å². The van der Waals surface area contributed by atoms with E-state index in [4.69, 9.17) is 14.7 Å². The third-order valence-electron chi connectivity index (χ3n) is 2.97. The lowest BCUT2D eigenvalue weighted by atomic mass is 10.2. The maximum Gasteiger partial charge on any atom is 0.336 e. The minimum atomic E-state index is -0.830. The SMILES string of the molecule is CCOc1cc(C#N)ccc1OC(=O)/C=C/c1c(F)cccc1F. The van der Waals surface area contributed by atoms with Crippen LogP contribution in [-0.4, -0.2) is 12.6 Å². The van der Waals surface area contributed by atoms with E-state index in [1.807, 2.05) is 6.07 Å². The van der Waals surface area contributed by atoms with Crippen LogP contribution in [0.15, 0.2) is 42.5 Å². The highest BCUT2D eigenvalue weighted by molar-refractivity contribution is 5.89. The molecule has 0 saturated heterocycles. The molecule has 0 aromatic heterocycles. The summed E-state index contributed by atoms with van der Waals surface area (Å²) < 4.78 is 37.4. The van der Waals surface area contributed by atoms with Crippen LogP contribution in [0.3, 0.4) is 0 Å². The average Bonchev–Trinajstić information content (AvgIpc) is 2.56. The van der Waals surface area contributed by atoms with Crippen molar-refractivity contribution >= 4 is 12.0 Å². The Hall–Kier alpha value is -3.20. The van der Waals surface area contributed by atoms with Crippen molar-refractivity contribution in [1.29, 1.82) is 5.26 Å². The van der Waals surface area contributed by atoms with Crippen LogP contribution >= 0.6 is 0 Å². The number of ether oxygens (including phenoxy) is 2. The summed E-state index contributed by atoms with van der Waals surface area (Å²) in [5.74, 6) is -2.06. The van der Waals surface area contributed by atoms with Crippen molar-refractivity contribution in [3.63, 3.8) is 0 Å². The molecule has 4 nitrogen and oxygen atoms in total. The van der Waals surface area contributed by atoms with Gasteiger partial charge in [0.1, 0.15) is 11.6 Å². The molecule has 0 heterocycles. The number of hydrogen-bond acceptors (Lipinski definition) is 4. The average molecular weight is 329 g/mol. The first-order chi connectivity index (χ1) is 11.5.